The van der Waals surface area contributed by atoms with Crippen LogP contribution in [0.1, 0.15) is 16.1 Å². The number of rotatable bonds is 5. The van der Waals surface area contributed by atoms with E-state index in [1.807, 2.05) is 0 Å². The zero-order chi connectivity index (χ0) is 15.4. The highest BCUT2D eigenvalue weighted by Crippen LogP contribution is 2.27. The first-order valence-electron chi connectivity index (χ1n) is 5.99. The summed E-state index contributed by atoms with van der Waals surface area (Å²) in [5, 5.41) is 11.1. The van der Waals surface area contributed by atoms with Crippen molar-refractivity contribution in [3.63, 3.8) is 0 Å². The SMILES string of the molecule is CN(C)c1ccc(COC(=O)c2cocn2)cc1[N+](=O)[O-]. The third-order valence-corrected chi connectivity index (χ3v) is 2.73. The van der Waals surface area contributed by atoms with Crippen LogP contribution >= 0.6 is 0 Å². The van der Waals surface area contributed by atoms with E-state index in [1.165, 1.54) is 12.3 Å². The Balaban J connectivity index is 2.12. The minimum Gasteiger partial charge on any atom is -0.456 e. The molecule has 1 heterocycles. The van der Waals surface area contributed by atoms with Crippen molar-refractivity contribution in [3.05, 3.63) is 52.2 Å². The van der Waals surface area contributed by atoms with E-state index in [0.29, 0.717) is 11.3 Å². The van der Waals surface area contributed by atoms with Gasteiger partial charge in [0.1, 0.15) is 18.6 Å². The lowest BCUT2D eigenvalue weighted by atomic mass is 10.1. The van der Waals surface area contributed by atoms with Gasteiger partial charge in [-0.05, 0) is 11.6 Å². The fourth-order valence-electron chi connectivity index (χ4n) is 1.72. The molecule has 8 heteroatoms. The zero-order valence-corrected chi connectivity index (χ0v) is 11.5. The third kappa shape index (κ3) is 3.35. The van der Waals surface area contributed by atoms with Crippen molar-refractivity contribution in [2.45, 2.75) is 6.61 Å². The molecule has 8 nitrogen and oxygen atoms in total. The Labute approximate surface area is 120 Å². The smallest absolute Gasteiger partial charge is 0.360 e. The number of ether oxygens (including phenoxy) is 1. The van der Waals surface area contributed by atoms with Gasteiger partial charge in [-0.1, -0.05) is 6.07 Å². The molecule has 2 aromatic rings. The Morgan fingerprint density at radius 3 is 2.81 bits per heavy atom. The molecule has 2 rings (SSSR count). The molecule has 0 saturated carbocycles. The number of hydrogen-bond donors (Lipinski definition) is 0. The second-order valence-corrected chi connectivity index (χ2v) is 4.42. The number of benzene rings is 1. The average Bonchev–Trinajstić information content (AvgIpc) is 2.98. The molecular formula is C13H13N3O5. The normalized spacial score (nSPS) is 10.2. The second-order valence-electron chi connectivity index (χ2n) is 4.42. The van der Waals surface area contributed by atoms with Gasteiger partial charge in [-0.25, -0.2) is 9.78 Å². The molecule has 0 aliphatic carbocycles. The summed E-state index contributed by atoms with van der Waals surface area (Å²) < 4.78 is 9.68. The van der Waals surface area contributed by atoms with Gasteiger partial charge >= 0.3 is 5.97 Å². The van der Waals surface area contributed by atoms with Crippen LogP contribution in [-0.4, -0.2) is 30.0 Å². The molecule has 0 aliphatic heterocycles. The molecule has 110 valence electrons. The largest absolute Gasteiger partial charge is 0.456 e. The molecule has 0 radical (unpaired) electrons. The van der Waals surface area contributed by atoms with Gasteiger partial charge in [0, 0.05) is 20.2 Å². The zero-order valence-electron chi connectivity index (χ0n) is 11.5. The van der Waals surface area contributed by atoms with Crippen LogP contribution in [0.4, 0.5) is 11.4 Å². The third-order valence-electron chi connectivity index (χ3n) is 2.73. The van der Waals surface area contributed by atoms with E-state index >= 15 is 0 Å². The average molecular weight is 291 g/mol. The maximum atomic E-state index is 11.6. The molecule has 0 spiro atoms. The topological polar surface area (TPSA) is 98.7 Å². The second kappa shape index (κ2) is 6.04. The maximum absolute atomic E-state index is 11.6. The van der Waals surface area contributed by atoms with E-state index in [9.17, 15) is 14.9 Å². The van der Waals surface area contributed by atoms with E-state index in [1.54, 1.807) is 31.1 Å². The lowest BCUT2D eigenvalue weighted by molar-refractivity contribution is -0.384. The summed E-state index contributed by atoms with van der Waals surface area (Å²) in [4.78, 5) is 27.5. The molecule has 0 fully saturated rings. The van der Waals surface area contributed by atoms with Gasteiger partial charge in [-0.2, -0.15) is 0 Å². The van der Waals surface area contributed by atoms with Gasteiger partial charge in [0.2, 0.25) is 0 Å². The first kappa shape index (κ1) is 14.5. The summed E-state index contributed by atoms with van der Waals surface area (Å²) >= 11 is 0. The van der Waals surface area contributed by atoms with Crippen LogP contribution in [0.15, 0.2) is 35.3 Å². The summed E-state index contributed by atoms with van der Waals surface area (Å²) in [7, 11) is 3.43. The van der Waals surface area contributed by atoms with Gasteiger partial charge in [-0.15, -0.1) is 0 Å². The van der Waals surface area contributed by atoms with Crippen LogP contribution in [0.5, 0.6) is 0 Å². The van der Waals surface area contributed by atoms with Crippen molar-refractivity contribution in [3.8, 4) is 0 Å². The number of nitrogens with zero attached hydrogens (tertiary/aromatic N) is 3. The van der Waals surface area contributed by atoms with E-state index < -0.39 is 10.9 Å². The van der Waals surface area contributed by atoms with Crippen molar-refractivity contribution in [1.82, 2.24) is 4.98 Å². The van der Waals surface area contributed by atoms with Crippen LogP contribution in [-0.2, 0) is 11.3 Å². The quantitative estimate of drug-likeness (QED) is 0.472. The van der Waals surface area contributed by atoms with Gasteiger partial charge in [-0.3, -0.25) is 10.1 Å². The molecule has 0 saturated heterocycles. The predicted octanol–water partition coefficient (Wildman–Crippen LogP) is 2.01. The summed E-state index contributed by atoms with van der Waals surface area (Å²) in [6, 6.07) is 4.65. The minimum absolute atomic E-state index is 0.0463. The number of carbonyl (C=O) groups excluding carboxylic acids is 1. The highest BCUT2D eigenvalue weighted by atomic mass is 16.6. The standard InChI is InChI=1S/C13H13N3O5/c1-15(2)11-4-3-9(5-12(11)16(18)19)6-21-13(17)10-7-20-8-14-10/h3-5,7-8H,6H2,1-2H3. The monoisotopic (exact) mass is 291 g/mol. The van der Waals surface area contributed by atoms with E-state index in [0.717, 1.165) is 6.39 Å². The fourth-order valence-corrected chi connectivity index (χ4v) is 1.72. The minimum atomic E-state index is -0.650. The number of nitro groups is 1. The predicted molar refractivity (Wildman–Crippen MR) is 73.0 cm³/mol. The van der Waals surface area contributed by atoms with E-state index in [-0.39, 0.29) is 18.0 Å². The van der Waals surface area contributed by atoms with Gasteiger partial charge < -0.3 is 14.1 Å². The van der Waals surface area contributed by atoms with Crippen LogP contribution in [0, 0.1) is 10.1 Å². The maximum Gasteiger partial charge on any atom is 0.360 e. The number of nitro benzene ring substituents is 1. The number of anilines is 1. The number of oxazole rings is 1. The number of hydrogen-bond acceptors (Lipinski definition) is 7. The summed E-state index contributed by atoms with van der Waals surface area (Å²) in [6.07, 6.45) is 2.28. The van der Waals surface area contributed by atoms with Crippen molar-refractivity contribution in [2.24, 2.45) is 0 Å². The van der Waals surface area contributed by atoms with Crippen molar-refractivity contribution in [1.29, 1.82) is 0 Å². The van der Waals surface area contributed by atoms with Crippen LogP contribution < -0.4 is 4.90 Å². The van der Waals surface area contributed by atoms with Crippen molar-refractivity contribution in [2.75, 3.05) is 19.0 Å². The number of esters is 1. The molecule has 21 heavy (non-hydrogen) atoms. The van der Waals surface area contributed by atoms with Gasteiger partial charge in [0.05, 0.1) is 4.92 Å². The molecule has 0 amide bonds. The Morgan fingerprint density at radius 2 is 2.24 bits per heavy atom. The first-order valence-corrected chi connectivity index (χ1v) is 5.99. The van der Waals surface area contributed by atoms with Crippen LogP contribution in [0.2, 0.25) is 0 Å². The lowest BCUT2D eigenvalue weighted by Gasteiger charge is -2.13. The highest BCUT2D eigenvalue weighted by Gasteiger charge is 2.17. The molecule has 1 aromatic heterocycles. The Morgan fingerprint density at radius 1 is 1.48 bits per heavy atom. The summed E-state index contributed by atoms with van der Waals surface area (Å²) in [5.41, 5.74) is 1.00. The van der Waals surface area contributed by atoms with E-state index in [4.69, 9.17) is 4.74 Å². The Bertz CT molecular complexity index is 652. The lowest BCUT2D eigenvalue weighted by Crippen LogP contribution is -2.11. The molecule has 1 aromatic carbocycles. The van der Waals surface area contributed by atoms with Crippen LogP contribution in [0.3, 0.4) is 0 Å². The summed E-state index contributed by atoms with van der Waals surface area (Å²) in [5.74, 6) is -0.650. The van der Waals surface area contributed by atoms with Gasteiger partial charge in [0.25, 0.3) is 5.69 Å². The molecule has 0 bridgehead atoms. The fraction of sp³-hybridized carbons (Fsp3) is 0.231. The van der Waals surface area contributed by atoms with E-state index in [2.05, 4.69) is 9.40 Å². The summed E-state index contributed by atoms with van der Waals surface area (Å²) in [6.45, 7) is -0.0831. The number of aromatic nitrogens is 1. The Hall–Kier alpha value is -2.90. The van der Waals surface area contributed by atoms with Crippen molar-refractivity contribution >= 4 is 17.3 Å². The molecular weight excluding hydrogens is 278 g/mol. The Kier molecular flexibility index (Phi) is 4.17. The molecule has 0 N–H and O–H groups in total. The molecule has 0 atom stereocenters. The first-order chi connectivity index (χ1) is 9.99. The van der Waals surface area contributed by atoms with Crippen molar-refractivity contribution < 1.29 is 18.9 Å². The molecule has 0 aliphatic rings. The number of carbonyl (C=O) groups is 1. The highest BCUT2D eigenvalue weighted by molar-refractivity contribution is 5.86. The van der Waals surface area contributed by atoms with Crippen LogP contribution in [0.25, 0.3) is 0 Å². The van der Waals surface area contributed by atoms with Gasteiger partial charge in [0.15, 0.2) is 12.1 Å². The molecule has 0 unspecified atom stereocenters.